The summed E-state index contributed by atoms with van der Waals surface area (Å²) in [6.45, 7) is 6.73. The number of fused-ring (bicyclic) bond motifs is 1. The third-order valence-corrected chi connectivity index (χ3v) is 7.07. The lowest BCUT2D eigenvalue weighted by Crippen LogP contribution is -1.98. The van der Waals surface area contributed by atoms with Gasteiger partial charge in [-0.25, -0.2) is 4.98 Å². The molecule has 1 aliphatic carbocycles. The number of thiazole rings is 1. The van der Waals surface area contributed by atoms with E-state index in [-0.39, 0.29) is 0 Å². The molecule has 28 heavy (non-hydrogen) atoms. The van der Waals surface area contributed by atoms with Crippen molar-refractivity contribution >= 4 is 17.0 Å². The average Bonchev–Trinajstić information content (AvgIpc) is 3.08. The van der Waals surface area contributed by atoms with E-state index >= 15 is 0 Å². The van der Waals surface area contributed by atoms with Gasteiger partial charge < -0.3 is 5.32 Å². The minimum Gasteiger partial charge on any atom is -0.388 e. The number of hydrogen-bond donors (Lipinski definition) is 1. The van der Waals surface area contributed by atoms with Crippen LogP contribution in [0.15, 0.2) is 35.7 Å². The SMILES string of the molecule is CNc1cc(C)c(Cc2csc(-c3ccc4c(c3)C(C)CCCC4)n2)cc1C. The van der Waals surface area contributed by atoms with E-state index in [1.807, 2.05) is 7.05 Å². The van der Waals surface area contributed by atoms with Gasteiger partial charge in [0.15, 0.2) is 0 Å². The van der Waals surface area contributed by atoms with Gasteiger partial charge in [0, 0.05) is 30.1 Å². The van der Waals surface area contributed by atoms with Crippen LogP contribution in [0.25, 0.3) is 10.6 Å². The summed E-state index contributed by atoms with van der Waals surface area (Å²) < 4.78 is 0. The third kappa shape index (κ3) is 3.86. The van der Waals surface area contributed by atoms with Crippen molar-refractivity contribution in [3.05, 3.63) is 69.2 Å². The lowest BCUT2D eigenvalue weighted by atomic mass is 9.93. The molecule has 1 atom stereocenters. The van der Waals surface area contributed by atoms with E-state index in [1.165, 1.54) is 59.3 Å². The van der Waals surface area contributed by atoms with Gasteiger partial charge in [0.1, 0.15) is 5.01 Å². The van der Waals surface area contributed by atoms with E-state index in [0.717, 1.165) is 11.4 Å². The molecule has 146 valence electrons. The summed E-state index contributed by atoms with van der Waals surface area (Å²) in [7, 11) is 1.98. The molecule has 0 amide bonds. The van der Waals surface area contributed by atoms with Crippen molar-refractivity contribution in [2.24, 2.45) is 0 Å². The molecule has 0 radical (unpaired) electrons. The van der Waals surface area contributed by atoms with E-state index < -0.39 is 0 Å². The fourth-order valence-corrected chi connectivity index (χ4v) is 5.20. The number of aryl methyl sites for hydroxylation is 3. The molecule has 1 heterocycles. The molecule has 0 saturated carbocycles. The van der Waals surface area contributed by atoms with Crippen molar-refractivity contribution in [2.45, 2.75) is 58.8 Å². The van der Waals surface area contributed by atoms with Crippen molar-refractivity contribution < 1.29 is 0 Å². The Hall–Kier alpha value is -2.13. The van der Waals surface area contributed by atoms with Crippen molar-refractivity contribution in [1.29, 1.82) is 0 Å². The van der Waals surface area contributed by atoms with E-state index in [2.05, 4.69) is 61.8 Å². The summed E-state index contributed by atoms with van der Waals surface area (Å²) >= 11 is 1.77. The lowest BCUT2D eigenvalue weighted by molar-refractivity contribution is 0.635. The van der Waals surface area contributed by atoms with Crippen molar-refractivity contribution in [2.75, 3.05) is 12.4 Å². The Balaban J connectivity index is 1.59. The molecule has 0 saturated heterocycles. The average molecular weight is 391 g/mol. The number of benzene rings is 2. The van der Waals surface area contributed by atoms with Gasteiger partial charge >= 0.3 is 0 Å². The van der Waals surface area contributed by atoms with Crippen molar-refractivity contribution in [3.63, 3.8) is 0 Å². The molecule has 1 aliphatic rings. The number of nitrogens with zero attached hydrogens (tertiary/aromatic N) is 1. The minimum atomic E-state index is 0.660. The van der Waals surface area contributed by atoms with Crippen LogP contribution in [0.4, 0.5) is 5.69 Å². The van der Waals surface area contributed by atoms with Gasteiger partial charge in [0.25, 0.3) is 0 Å². The summed E-state index contributed by atoms with van der Waals surface area (Å²) in [4.78, 5) is 4.99. The first kappa shape index (κ1) is 19.2. The highest BCUT2D eigenvalue weighted by atomic mass is 32.1. The van der Waals surface area contributed by atoms with Crippen LogP contribution >= 0.6 is 11.3 Å². The Kier molecular flexibility index (Phi) is 5.54. The summed E-state index contributed by atoms with van der Waals surface area (Å²) in [5.74, 6) is 0.660. The summed E-state index contributed by atoms with van der Waals surface area (Å²) in [6, 6.07) is 11.6. The second-order valence-corrected chi connectivity index (χ2v) is 9.08. The fraction of sp³-hybridized carbons (Fsp3) is 0.400. The zero-order valence-electron chi connectivity index (χ0n) is 17.4. The van der Waals surface area contributed by atoms with Crippen LogP contribution in [0.2, 0.25) is 0 Å². The van der Waals surface area contributed by atoms with E-state index in [1.54, 1.807) is 22.5 Å². The Morgan fingerprint density at radius 2 is 1.96 bits per heavy atom. The summed E-state index contributed by atoms with van der Waals surface area (Å²) in [5.41, 5.74) is 10.7. The maximum absolute atomic E-state index is 4.99. The molecule has 0 spiro atoms. The Morgan fingerprint density at radius 3 is 2.79 bits per heavy atom. The van der Waals surface area contributed by atoms with E-state index in [0.29, 0.717) is 5.92 Å². The molecular weight excluding hydrogens is 360 g/mol. The van der Waals surface area contributed by atoms with Crippen LogP contribution in [0, 0.1) is 13.8 Å². The molecule has 0 aliphatic heterocycles. The zero-order valence-corrected chi connectivity index (χ0v) is 18.2. The molecular formula is C25H30N2S. The number of rotatable bonds is 4. The molecule has 4 rings (SSSR count). The van der Waals surface area contributed by atoms with Gasteiger partial charge in [-0.05, 0) is 79.0 Å². The number of aromatic nitrogens is 1. The summed E-state index contributed by atoms with van der Waals surface area (Å²) in [5, 5.41) is 6.65. The second kappa shape index (κ2) is 8.08. The molecule has 1 unspecified atom stereocenters. The minimum absolute atomic E-state index is 0.660. The monoisotopic (exact) mass is 390 g/mol. The highest BCUT2D eigenvalue weighted by molar-refractivity contribution is 7.13. The van der Waals surface area contributed by atoms with Gasteiger partial charge in [0.05, 0.1) is 5.69 Å². The topological polar surface area (TPSA) is 24.9 Å². The molecule has 2 nitrogen and oxygen atoms in total. The second-order valence-electron chi connectivity index (χ2n) is 8.22. The predicted octanol–water partition coefficient (Wildman–Crippen LogP) is 6.89. The molecule has 1 N–H and O–H groups in total. The Bertz CT molecular complexity index is 986. The Labute approximate surface area is 173 Å². The molecule has 1 aromatic heterocycles. The van der Waals surface area contributed by atoms with Crippen molar-refractivity contribution in [3.8, 4) is 10.6 Å². The lowest BCUT2D eigenvalue weighted by Gasteiger charge is -2.13. The third-order valence-electron chi connectivity index (χ3n) is 6.13. The predicted molar refractivity (Wildman–Crippen MR) is 122 cm³/mol. The van der Waals surface area contributed by atoms with Gasteiger partial charge in [-0.1, -0.05) is 31.5 Å². The first-order chi connectivity index (χ1) is 13.5. The molecule has 0 bridgehead atoms. The van der Waals surface area contributed by atoms with Crippen LogP contribution in [0.3, 0.4) is 0 Å². The van der Waals surface area contributed by atoms with Gasteiger partial charge in [-0.2, -0.15) is 0 Å². The smallest absolute Gasteiger partial charge is 0.123 e. The zero-order chi connectivity index (χ0) is 19.7. The molecule has 3 heteroatoms. The van der Waals surface area contributed by atoms with Crippen molar-refractivity contribution in [1.82, 2.24) is 4.98 Å². The number of nitrogens with one attached hydrogen (secondary N) is 1. The molecule has 0 fully saturated rings. The first-order valence-electron chi connectivity index (χ1n) is 10.4. The maximum atomic E-state index is 4.99. The molecule has 3 aromatic rings. The highest BCUT2D eigenvalue weighted by Crippen LogP contribution is 2.34. The van der Waals surface area contributed by atoms with Gasteiger partial charge in [-0.15, -0.1) is 11.3 Å². The van der Waals surface area contributed by atoms with Crippen LogP contribution < -0.4 is 5.32 Å². The fourth-order valence-electron chi connectivity index (χ4n) is 4.39. The number of hydrogen-bond acceptors (Lipinski definition) is 3. The van der Waals surface area contributed by atoms with E-state index in [4.69, 9.17) is 4.98 Å². The van der Waals surface area contributed by atoms with Gasteiger partial charge in [-0.3, -0.25) is 0 Å². The standard InChI is InChI=1S/C25H30N2S/c1-16-7-5-6-8-19-9-10-20(14-23(16)19)25-27-22(15-28-25)13-21-11-18(3)24(26-4)12-17(21)2/h9-12,14-16,26H,5-8,13H2,1-4H3. The Morgan fingerprint density at radius 1 is 1.11 bits per heavy atom. The number of anilines is 1. The van der Waals surface area contributed by atoms with Crippen LogP contribution in [-0.2, 0) is 12.8 Å². The normalized spacial score (nSPS) is 16.5. The summed E-state index contributed by atoms with van der Waals surface area (Å²) in [6.07, 6.45) is 6.10. The highest BCUT2D eigenvalue weighted by Gasteiger charge is 2.16. The van der Waals surface area contributed by atoms with Crippen LogP contribution in [0.1, 0.15) is 65.6 Å². The van der Waals surface area contributed by atoms with Gasteiger partial charge in [0.2, 0.25) is 0 Å². The van der Waals surface area contributed by atoms with Crippen LogP contribution in [0.5, 0.6) is 0 Å². The quantitative estimate of drug-likeness (QED) is 0.491. The van der Waals surface area contributed by atoms with E-state index in [9.17, 15) is 0 Å². The maximum Gasteiger partial charge on any atom is 0.123 e. The first-order valence-corrected chi connectivity index (χ1v) is 11.3. The van der Waals surface area contributed by atoms with Crippen LogP contribution in [-0.4, -0.2) is 12.0 Å². The molecule has 2 aromatic carbocycles. The largest absolute Gasteiger partial charge is 0.388 e.